The lowest BCUT2D eigenvalue weighted by Gasteiger charge is -2.15. The standard InChI is InChI=1S/C14H7Br2NO3S/c15-7-2-1-3-8-12(7)13(19)14(20)17(8)6-9(18)10-4-5-11(16)21-10/h1-5H,6H2. The SMILES string of the molecule is O=C(CN1C(=O)C(=O)c2c(Br)cccc21)c1ccc(Br)s1. The van der Waals surface area contributed by atoms with Gasteiger partial charge in [0.2, 0.25) is 0 Å². The second-order valence-electron chi connectivity index (χ2n) is 4.38. The van der Waals surface area contributed by atoms with Gasteiger partial charge in [-0.2, -0.15) is 0 Å². The van der Waals surface area contributed by atoms with E-state index in [9.17, 15) is 14.4 Å². The van der Waals surface area contributed by atoms with Crippen LogP contribution in [0, 0.1) is 0 Å². The third kappa shape index (κ3) is 2.49. The molecule has 1 amide bonds. The van der Waals surface area contributed by atoms with Crippen molar-refractivity contribution in [2.24, 2.45) is 0 Å². The van der Waals surface area contributed by atoms with Gasteiger partial charge in [-0.1, -0.05) is 6.07 Å². The van der Waals surface area contributed by atoms with Crippen LogP contribution in [0.4, 0.5) is 5.69 Å². The molecule has 1 aromatic heterocycles. The van der Waals surface area contributed by atoms with Crippen LogP contribution in [0.2, 0.25) is 0 Å². The number of benzene rings is 1. The average Bonchev–Trinajstić information content (AvgIpc) is 2.98. The molecule has 0 radical (unpaired) electrons. The normalized spacial score (nSPS) is 13.7. The molecule has 0 bridgehead atoms. The Bertz CT molecular complexity index is 784. The molecule has 0 spiro atoms. The molecule has 0 N–H and O–H groups in total. The second kappa shape index (κ2) is 5.47. The average molecular weight is 429 g/mol. The van der Waals surface area contributed by atoms with Crippen molar-refractivity contribution in [3.8, 4) is 0 Å². The fourth-order valence-electron chi connectivity index (χ4n) is 2.14. The molecule has 2 aromatic rings. The molecule has 0 saturated carbocycles. The molecular formula is C14H7Br2NO3S. The lowest BCUT2D eigenvalue weighted by atomic mass is 10.1. The zero-order chi connectivity index (χ0) is 15.1. The molecule has 0 aliphatic carbocycles. The summed E-state index contributed by atoms with van der Waals surface area (Å²) in [7, 11) is 0. The Kier molecular flexibility index (Phi) is 3.81. The van der Waals surface area contributed by atoms with Gasteiger partial charge in [-0.15, -0.1) is 11.3 Å². The number of fused-ring (bicyclic) bond motifs is 1. The van der Waals surface area contributed by atoms with Crippen molar-refractivity contribution in [2.75, 3.05) is 11.4 Å². The van der Waals surface area contributed by atoms with Crippen LogP contribution in [0.15, 0.2) is 38.6 Å². The fraction of sp³-hybridized carbons (Fsp3) is 0.0714. The maximum Gasteiger partial charge on any atom is 0.299 e. The molecule has 0 fully saturated rings. The number of thiophene rings is 1. The molecule has 0 unspecified atom stereocenters. The van der Waals surface area contributed by atoms with Crippen molar-refractivity contribution in [1.29, 1.82) is 0 Å². The Morgan fingerprint density at radius 2 is 1.90 bits per heavy atom. The molecule has 4 nitrogen and oxygen atoms in total. The molecule has 106 valence electrons. The van der Waals surface area contributed by atoms with E-state index >= 15 is 0 Å². The summed E-state index contributed by atoms with van der Waals surface area (Å²) in [6.45, 7) is -0.138. The van der Waals surface area contributed by atoms with Gasteiger partial charge in [-0.3, -0.25) is 19.3 Å². The molecule has 1 aliphatic rings. The highest BCUT2D eigenvalue weighted by Gasteiger charge is 2.38. The predicted octanol–water partition coefficient (Wildman–Crippen LogP) is 3.69. The van der Waals surface area contributed by atoms with Gasteiger partial charge in [-0.05, 0) is 56.1 Å². The molecule has 21 heavy (non-hydrogen) atoms. The quantitative estimate of drug-likeness (QED) is 0.553. The van der Waals surface area contributed by atoms with Gasteiger partial charge in [0, 0.05) is 4.47 Å². The molecule has 1 aliphatic heterocycles. The Labute approximate surface area is 141 Å². The first-order chi connectivity index (χ1) is 9.99. The number of ketones is 2. The summed E-state index contributed by atoms with van der Waals surface area (Å²) >= 11 is 7.86. The van der Waals surface area contributed by atoms with Gasteiger partial charge in [0.15, 0.2) is 5.78 Å². The Morgan fingerprint density at radius 3 is 2.57 bits per heavy atom. The summed E-state index contributed by atoms with van der Waals surface area (Å²) in [6, 6.07) is 8.57. The number of carbonyl (C=O) groups is 3. The van der Waals surface area contributed by atoms with Crippen molar-refractivity contribution in [3.05, 3.63) is 49.0 Å². The maximum atomic E-state index is 12.2. The first-order valence-corrected chi connectivity index (χ1v) is 8.32. The van der Waals surface area contributed by atoms with Crippen molar-refractivity contribution < 1.29 is 14.4 Å². The lowest BCUT2D eigenvalue weighted by Crippen LogP contribution is -2.34. The molecule has 0 atom stereocenters. The second-order valence-corrected chi connectivity index (χ2v) is 7.70. The summed E-state index contributed by atoms with van der Waals surface area (Å²) < 4.78 is 1.41. The number of nitrogens with zero attached hydrogens (tertiary/aromatic N) is 1. The number of amides is 1. The van der Waals surface area contributed by atoms with E-state index in [0.717, 1.165) is 3.79 Å². The van der Waals surface area contributed by atoms with Crippen LogP contribution in [0.3, 0.4) is 0 Å². The third-order valence-corrected chi connectivity index (χ3v) is 5.42. The van der Waals surface area contributed by atoms with Gasteiger partial charge in [0.25, 0.3) is 11.7 Å². The van der Waals surface area contributed by atoms with E-state index in [0.29, 0.717) is 20.6 Å². The van der Waals surface area contributed by atoms with E-state index in [2.05, 4.69) is 31.9 Å². The molecule has 7 heteroatoms. The van der Waals surface area contributed by atoms with Crippen LogP contribution in [0.1, 0.15) is 20.0 Å². The summed E-state index contributed by atoms with van der Waals surface area (Å²) in [5, 5.41) is 0. The smallest absolute Gasteiger partial charge is 0.297 e. The van der Waals surface area contributed by atoms with Crippen molar-refractivity contribution in [3.63, 3.8) is 0 Å². The highest BCUT2D eigenvalue weighted by molar-refractivity contribution is 9.11. The Morgan fingerprint density at radius 1 is 1.14 bits per heavy atom. The minimum atomic E-state index is -0.666. The van der Waals surface area contributed by atoms with E-state index in [1.54, 1.807) is 30.3 Å². The number of hydrogen-bond donors (Lipinski definition) is 0. The summed E-state index contributed by atoms with van der Waals surface area (Å²) in [4.78, 5) is 38.1. The number of rotatable bonds is 3. The number of halogens is 2. The predicted molar refractivity (Wildman–Crippen MR) is 87.2 cm³/mol. The van der Waals surface area contributed by atoms with Gasteiger partial charge in [0.05, 0.1) is 26.5 Å². The molecule has 1 aromatic carbocycles. The molecule has 2 heterocycles. The van der Waals surface area contributed by atoms with Crippen LogP contribution in [0.25, 0.3) is 0 Å². The first-order valence-electron chi connectivity index (χ1n) is 5.92. The van der Waals surface area contributed by atoms with E-state index in [1.807, 2.05) is 0 Å². The molecular weight excluding hydrogens is 422 g/mol. The Hall–Kier alpha value is -1.31. The summed E-state index contributed by atoms with van der Waals surface area (Å²) in [5.41, 5.74) is 0.797. The fourth-order valence-corrected chi connectivity index (χ4v) is 4.00. The van der Waals surface area contributed by atoms with E-state index in [1.165, 1.54) is 16.2 Å². The van der Waals surface area contributed by atoms with Crippen LogP contribution in [-0.2, 0) is 4.79 Å². The van der Waals surface area contributed by atoms with Gasteiger partial charge < -0.3 is 0 Å². The van der Waals surface area contributed by atoms with E-state index < -0.39 is 11.7 Å². The number of anilines is 1. The van der Waals surface area contributed by atoms with Crippen LogP contribution < -0.4 is 4.90 Å². The van der Waals surface area contributed by atoms with Crippen molar-refractivity contribution in [2.45, 2.75) is 0 Å². The van der Waals surface area contributed by atoms with Gasteiger partial charge in [0.1, 0.15) is 0 Å². The highest BCUT2D eigenvalue weighted by Crippen LogP contribution is 2.34. The maximum absolute atomic E-state index is 12.2. The molecule has 3 rings (SSSR count). The van der Waals surface area contributed by atoms with Crippen LogP contribution >= 0.6 is 43.2 Å². The van der Waals surface area contributed by atoms with Crippen molar-refractivity contribution >= 4 is 66.4 Å². The van der Waals surface area contributed by atoms with E-state index in [4.69, 9.17) is 0 Å². The zero-order valence-electron chi connectivity index (χ0n) is 10.4. The van der Waals surface area contributed by atoms with Crippen molar-refractivity contribution in [1.82, 2.24) is 0 Å². The monoisotopic (exact) mass is 427 g/mol. The number of hydrogen-bond acceptors (Lipinski definition) is 4. The highest BCUT2D eigenvalue weighted by atomic mass is 79.9. The topological polar surface area (TPSA) is 54.5 Å². The first kappa shape index (κ1) is 14.6. The van der Waals surface area contributed by atoms with Crippen LogP contribution in [-0.4, -0.2) is 24.0 Å². The zero-order valence-corrected chi connectivity index (χ0v) is 14.4. The van der Waals surface area contributed by atoms with Crippen LogP contribution in [0.5, 0.6) is 0 Å². The minimum absolute atomic E-state index is 0.138. The molecule has 0 saturated heterocycles. The summed E-state index contributed by atoms with van der Waals surface area (Å²) in [6.07, 6.45) is 0. The Balaban J connectivity index is 1.94. The number of Topliss-reactive ketones (excluding diaryl/α,β-unsaturated/α-hetero) is 2. The van der Waals surface area contributed by atoms with Gasteiger partial charge >= 0.3 is 0 Å². The number of carbonyl (C=O) groups excluding carboxylic acids is 3. The minimum Gasteiger partial charge on any atom is -0.297 e. The lowest BCUT2D eigenvalue weighted by molar-refractivity contribution is -0.114. The largest absolute Gasteiger partial charge is 0.299 e. The third-order valence-electron chi connectivity index (χ3n) is 3.10. The van der Waals surface area contributed by atoms with E-state index in [-0.39, 0.29) is 12.3 Å². The van der Waals surface area contributed by atoms with Gasteiger partial charge in [-0.25, -0.2) is 0 Å². The summed E-state index contributed by atoms with van der Waals surface area (Å²) in [5.74, 6) is -1.45.